The van der Waals surface area contributed by atoms with Crippen LogP contribution in [0.3, 0.4) is 0 Å². The van der Waals surface area contributed by atoms with Gasteiger partial charge in [-0.15, -0.1) is 0 Å². The lowest BCUT2D eigenvalue weighted by Gasteiger charge is -2.44. The van der Waals surface area contributed by atoms with Gasteiger partial charge in [-0.25, -0.2) is 0 Å². The highest BCUT2D eigenvalue weighted by Gasteiger charge is 2.47. The number of methoxy groups -OCH3 is 1. The van der Waals surface area contributed by atoms with Gasteiger partial charge in [0.25, 0.3) is 0 Å². The van der Waals surface area contributed by atoms with Crippen LogP contribution in [-0.4, -0.2) is 44.4 Å². The van der Waals surface area contributed by atoms with Crippen molar-refractivity contribution in [1.82, 2.24) is 0 Å². The van der Waals surface area contributed by atoms with Crippen LogP contribution in [-0.2, 0) is 43.5 Å². The summed E-state index contributed by atoms with van der Waals surface area (Å²) in [5, 5.41) is 4.07. The largest absolute Gasteiger partial charge is 0.374 e. The maximum Gasteiger partial charge on any atom is 0.186 e. The molecule has 0 spiro atoms. The van der Waals surface area contributed by atoms with E-state index in [1.165, 1.54) is 0 Å². The van der Waals surface area contributed by atoms with E-state index < -0.39 is 30.6 Å². The van der Waals surface area contributed by atoms with E-state index in [4.69, 9.17) is 23.7 Å². The minimum atomic E-state index is -0.732. The maximum atomic E-state index is 9.39. The van der Waals surface area contributed by atoms with E-state index in [9.17, 15) is 5.53 Å². The van der Waals surface area contributed by atoms with Gasteiger partial charge in [0, 0.05) is 12.0 Å². The van der Waals surface area contributed by atoms with Gasteiger partial charge in [0.1, 0.15) is 12.2 Å². The first-order valence-electron chi connectivity index (χ1n) is 11.9. The molecule has 0 aliphatic carbocycles. The van der Waals surface area contributed by atoms with Gasteiger partial charge in [0.15, 0.2) is 6.29 Å². The van der Waals surface area contributed by atoms with Crippen LogP contribution in [0.5, 0.6) is 0 Å². The topological polar surface area (TPSA) is 94.9 Å². The molecule has 1 fully saturated rings. The van der Waals surface area contributed by atoms with Gasteiger partial charge in [-0.2, -0.15) is 0 Å². The van der Waals surface area contributed by atoms with E-state index in [1.807, 2.05) is 91.0 Å². The Hall–Kier alpha value is -3.23. The number of rotatable bonds is 12. The summed E-state index contributed by atoms with van der Waals surface area (Å²) in [5.74, 6) is 0. The van der Waals surface area contributed by atoms with Gasteiger partial charge in [0.2, 0.25) is 0 Å². The van der Waals surface area contributed by atoms with Crippen LogP contribution in [0.25, 0.3) is 10.4 Å². The Morgan fingerprint density at radius 2 is 1.25 bits per heavy atom. The van der Waals surface area contributed by atoms with Gasteiger partial charge in [-0.3, -0.25) is 0 Å². The average molecular weight is 490 g/mol. The van der Waals surface area contributed by atoms with Gasteiger partial charge in [0.05, 0.1) is 38.6 Å². The Morgan fingerprint density at radius 3 is 1.75 bits per heavy atom. The average Bonchev–Trinajstić information content (AvgIpc) is 2.93. The van der Waals surface area contributed by atoms with E-state index in [0.29, 0.717) is 19.8 Å². The summed E-state index contributed by atoms with van der Waals surface area (Å²) in [6.45, 7) is 1.26. The number of hydrogen-bond acceptors (Lipinski definition) is 6. The molecule has 188 valence electrons. The summed E-state index contributed by atoms with van der Waals surface area (Å²) in [7, 11) is 1.56. The number of nitrogens with zero attached hydrogens (tertiary/aromatic N) is 3. The zero-order chi connectivity index (χ0) is 25.0. The molecule has 1 saturated heterocycles. The zero-order valence-corrected chi connectivity index (χ0v) is 20.3. The second-order valence-electron chi connectivity index (χ2n) is 8.50. The molecule has 5 atom stereocenters. The standard InChI is InChI=1S/C28H31N3O5/c1-32-28-27(35-19-23-15-9-4-10-16-23)26(34-18-22-13-7-3-8-14-22)25(30-31-29)24(36-28)20-33-17-21-11-5-2-6-12-21/h2-16,24-28H,17-20H2,1H3. The fourth-order valence-corrected chi connectivity index (χ4v) is 4.19. The lowest BCUT2D eigenvalue weighted by Crippen LogP contribution is -2.60. The minimum absolute atomic E-state index is 0.203. The Morgan fingerprint density at radius 1 is 0.750 bits per heavy atom. The summed E-state index contributed by atoms with van der Waals surface area (Å²) in [6, 6.07) is 28.8. The molecule has 4 rings (SSSR count). The number of ether oxygens (including phenoxy) is 5. The second kappa shape index (κ2) is 13.8. The summed E-state index contributed by atoms with van der Waals surface area (Å²) in [5.41, 5.74) is 12.4. The normalized spacial score (nSPS) is 23.6. The second-order valence-corrected chi connectivity index (χ2v) is 8.50. The summed E-state index contributed by atoms with van der Waals surface area (Å²) < 4.78 is 30.5. The third kappa shape index (κ3) is 7.15. The monoisotopic (exact) mass is 489 g/mol. The van der Waals surface area contributed by atoms with Gasteiger partial charge >= 0.3 is 0 Å². The third-order valence-corrected chi connectivity index (χ3v) is 6.00. The van der Waals surface area contributed by atoms with E-state index >= 15 is 0 Å². The minimum Gasteiger partial charge on any atom is -0.374 e. The molecule has 8 heteroatoms. The van der Waals surface area contributed by atoms with Crippen molar-refractivity contribution in [1.29, 1.82) is 0 Å². The van der Waals surface area contributed by atoms with Crippen LogP contribution in [0.2, 0.25) is 0 Å². The van der Waals surface area contributed by atoms with Crippen LogP contribution in [0, 0.1) is 0 Å². The quantitative estimate of drug-likeness (QED) is 0.192. The molecule has 0 saturated carbocycles. The molecule has 0 aromatic heterocycles. The summed E-state index contributed by atoms with van der Waals surface area (Å²) in [4.78, 5) is 3.10. The predicted octanol–water partition coefficient (Wildman–Crippen LogP) is 5.42. The lowest BCUT2D eigenvalue weighted by molar-refractivity contribution is -0.291. The first kappa shape index (κ1) is 25.9. The highest BCUT2D eigenvalue weighted by Crippen LogP contribution is 2.30. The fourth-order valence-electron chi connectivity index (χ4n) is 4.19. The van der Waals surface area contributed by atoms with Crippen molar-refractivity contribution in [2.75, 3.05) is 13.7 Å². The Labute approximate surface area is 211 Å². The van der Waals surface area contributed by atoms with Crippen LogP contribution >= 0.6 is 0 Å². The fraction of sp³-hybridized carbons (Fsp3) is 0.357. The zero-order valence-electron chi connectivity index (χ0n) is 20.3. The van der Waals surface area contributed by atoms with Crippen molar-refractivity contribution in [2.24, 2.45) is 5.11 Å². The predicted molar refractivity (Wildman–Crippen MR) is 135 cm³/mol. The van der Waals surface area contributed by atoms with Crippen LogP contribution in [0.1, 0.15) is 16.7 Å². The SMILES string of the molecule is COC1OC(COCc2ccccc2)C(N=[N+]=[N-])C(OCc2ccccc2)C1OCc1ccccc1. The number of hydrogen-bond donors (Lipinski definition) is 0. The van der Waals surface area contributed by atoms with Gasteiger partial charge in [-0.05, 0) is 22.2 Å². The summed E-state index contributed by atoms with van der Waals surface area (Å²) in [6.07, 6.45) is -2.55. The lowest BCUT2D eigenvalue weighted by atomic mass is 9.96. The smallest absolute Gasteiger partial charge is 0.186 e. The molecule has 0 N–H and O–H groups in total. The van der Waals surface area contributed by atoms with E-state index in [0.717, 1.165) is 16.7 Å². The molecule has 0 bridgehead atoms. The van der Waals surface area contributed by atoms with Crippen molar-refractivity contribution in [3.63, 3.8) is 0 Å². The van der Waals surface area contributed by atoms with Crippen molar-refractivity contribution < 1.29 is 23.7 Å². The molecule has 36 heavy (non-hydrogen) atoms. The van der Waals surface area contributed by atoms with Crippen molar-refractivity contribution in [3.05, 3.63) is 118 Å². The molecule has 0 radical (unpaired) electrons. The molecule has 5 unspecified atom stereocenters. The summed E-state index contributed by atoms with van der Waals surface area (Å²) >= 11 is 0. The Bertz CT molecular complexity index is 1080. The highest BCUT2D eigenvalue weighted by atomic mass is 16.7. The maximum absolute atomic E-state index is 9.39. The van der Waals surface area contributed by atoms with Crippen molar-refractivity contribution in [2.45, 2.75) is 50.5 Å². The van der Waals surface area contributed by atoms with Crippen molar-refractivity contribution in [3.8, 4) is 0 Å². The molecular weight excluding hydrogens is 458 g/mol. The van der Waals surface area contributed by atoms with Gasteiger partial charge in [-0.1, -0.05) is 96.1 Å². The Balaban J connectivity index is 1.52. The Kier molecular flexibility index (Phi) is 9.87. The van der Waals surface area contributed by atoms with Gasteiger partial charge < -0.3 is 23.7 Å². The molecule has 0 amide bonds. The molecular formula is C28H31N3O5. The third-order valence-electron chi connectivity index (χ3n) is 6.00. The number of azide groups is 1. The van der Waals surface area contributed by atoms with Crippen LogP contribution in [0.15, 0.2) is 96.1 Å². The molecule has 3 aromatic rings. The van der Waals surface area contributed by atoms with Crippen LogP contribution < -0.4 is 0 Å². The van der Waals surface area contributed by atoms with Crippen LogP contribution in [0.4, 0.5) is 0 Å². The highest BCUT2D eigenvalue weighted by molar-refractivity contribution is 5.15. The first-order valence-corrected chi connectivity index (χ1v) is 11.9. The molecule has 1 aliphatic heterocycles. The molecule has 1 heterocycles. The van der Waals surface area contributed by atoms with Crippen molar-refractivity contribution >= 4 is 0 Å². The molecule has 8 nitrogen and oxygen atoms in total. The van der Waals surface area contributed by atoms with E-state index in [1.54, 1.807) is 7.11 Å². The molecule has 3 aromatic carbocycles. The van der Waals surface area contributed by atoms with E-state index in [-0.39, 0.29) is 6.61 Å². The molecule has 1 aliphatic rings. The first-order chi connectivity index (χ1) is 17.8. The van der Waals surface area contributed by atoms with E-state index in [2.05, 4.69) is 10.0 Å². The number of benzene rings is 3.